The highest BCUT2D eigenvalue weighted by Gasteiger charge is 2.71. The molecule has 2 fully saturated rings. The number of ether oxygens (including phenoxy) is 1. The number of nitrogens with two attached hydrogens (primary N) is 2. The summed E-state index contributed by atoms with van der Waals surface area (Å²) in [6.07, 6.45) is -1.62. The van der Waals surface area contributed by atoms with Crippen LogP contribution in [-0.2, 0) is 25.7 Å². The maximum Gasteiger partial charge on any atom is 0.507 e. The van der Waals surface area contributed by atoms with Crippen molar-refractivity contribution in [2.75, 3.05) is 6.54 Å². The Morgan fingerprint density at radius 3 is 2.23 bits per heavy atom. The second kappa shape index (κ2) is 10.9. The first-order chi connectivity index (χ1) is 18.5. The number of benzene rings is 2. The van der Waals surface area contributed by atoms with Crippen LogP contribution in [0.1, 0.15) is 49.4 Å². The topological polar surface area (TPSA) is 180 Å². The van der Waals surface area contributed by atoms with E-state index < -0.39 is 47.5 Å². The highest BCUT2D eigenvalue weighted by molar-refractivity contribution is 6.07. The largest absolute Gasteiger partial charge is 0.507 e. The van der Waals surface area contributed by atoms with E-state index in [-0.39, 0.29) is 37.7 Å². The van der Waals surface area contributed by atoms with Crippen LogP contribution in [0, 0.1) is 23.2 Å². The molecule has 2 aromatic rings. The Balaban J connectivity index is 1.90. The third-order valence-corrected chi connectivity index (χ3v) is 7.40. The van der Waals surface area contributed by atoms with E-state index in [0.29, 0.717) is 11.1 Å². The first kappa shape index (κ1) is 27.8. The molecule has 39 heavy (non-hydrogen) atoms. The molecule has 11 heteroatoms. The zero-order chi connectivity index (χ0) is 28.5. The van der Waals surface area contributed by atoms with Crippen molar-refractivity contribution in [1.29, 1.82) is 5.41 Å². The molecule has 0 bridgehead atoms. The number of carbonyl (C=O) groups is 4. The average molecular weight is 536 g/mol. The molecule has 11 nitrogen and oxygen atoms in total. The number of carboxylic acid groups (broad SMARTS) is 1. The van der Waals surface area contributed by atoms with E-state index in [1.54, 1.807) is 41.3 Å². The standard InChI is InChI=1S/C28H33N5O6/c1-16(2)14-28(39-27(37)38)22-21(25(35)32(26(22)36)15-17-6-4-3-5-7-17)23(33(28)13-12-20(29)34)18-8-10-19(11-9-18)24(30)31/h3-11,16,21-23H,12-15H2,1-2H3,(H2,29,34)(H3,30,31)(H,37,38). The number of likely N-dealkylation sites (tertiary alicyclic amines) is 2. The van der Waals surface area contributed by atoms with E-state index in [2.05, 4.69) is 0 Å². The van der Waals surface area contributed by atoms with Gasteiger partial charge in [-0.2, -0.15) is 0 Å². The minimum atomic E-state index is -1.72. The Morgan fingerprint density at radius 2 is 1.69 bits per heavy atom. The van der Waals surface area contributed by atoms with Gasteiger partial charge in [0.2, 0.25) is 17.7 Å². The van der Waals surface area contributed by atoms with Crippen molar-refractivity contribution in [3.63, 3.8) is 0 Å². The van der Waals surface area contributed by atoms with Gasteiger partial charge >= 0.3 is 6.16 Å². The lowest BCUT2D eigenvalue weighted by Gasteiger charge is -2.43. The Labute approximate surface area is 226 Å². The number of fused-ring (bicyclic) bond motifs is 1. The number of nitrogens with zero attached hydrogens (tertiary/aromatic N) is 2. The summed E-state index contributed by atoms with van der Waals surface area (Å²) >= 11 is 0. The molecule has 2 heterocycles. The molecule has 2 saturated heterocycles. The quantitative estimate of drug-likeness (QED) is 0.155. The van der Waals surface area contributed by atoms with Crippen LogP contribution in [0.4, 0.5) is 4.79 Å². The van der Waals surface area contributed by atoms with Gasteiger partial charge in [0.25, 0.3) is 0 Å². The Bertz CT molecular complexity index is 1280. The SMILES string of the molecule is CC(C)CC1(OC(=O)O)C2C(=O)N(Cc3ccccc3)C(=O)C2C(c2ccc(C(=N)N)cc2)N1CCC(N)=O. The van der Waals surface area contributed by atoms with E-state index in [1.165, 1.54) is 4.90 Å². The van der Waals surface area contributed by atoms with Crippen LogP contribution < -0.4 is 11.5 Å². The van der Waals surface area contributed by atoms with Crippen LogP contribution in [0.5, 0.6) is 0 Å². The fourth-order valence-electron chi connectivity index (χ4n) is 6.02. The lowest BCUT2D eigenvalue weighted by molar-refractivity contribution is -0.167. The van der Waals surface area contributed by atoms with E-state index in [4.69, 9.17) is 21.6 Å². The molecule has 0 spiro atoms. The van der Waals surface area contributed by atoms with Gasteiger partial charge in [0.15, 0.2) is 5.72 Å². The summed E-state index contributed by atoms with van der Waals surface area (Å²) in [6.45, 7) is 3.74. The van der Waals surface area contributed by atoms with Crippen LogP contribution >= 0.6 is 0 Å². The van der Waals surface area contributed by atoms with Gasteiger partial charge in [0.05, 0.1) is 18.5 Å². The summed E-state index contributed by atoms with van der Waals surface area (Å²) in [4.78, 5) is 54.9. The highest BCUT2D eigenvalue weighted by atomic mass is 16.7. The number of imide groups is 1. The molecule has 0 radical (unpaired) electrons. The summed E-state index contributed by atoms with van der Waals surface area (Å²) in [5, 5.41) is 17.6. The zero-order valence-corrected chi connectivity index (χ0v) is 21.9. The van der Waals surface area contributed by atoms with E-state index in [1.807, 2.05) is 32.0 Å². The fraction of sp³-hybridized carbons (Fsp3) is 0.393. The summed E-state index contributed by atoms with van der Waals surface area (Å²) in [5.41, 5.74) is 11.2. The molecule has 0 aromatic heterocycles. The number of rotatable bonds is 10. The summed E-state index contributed by atoms with van der Waals surface area (Å²) in [5.74, 6) is -3.98. The van der Waals surface area contributed by atoms with Gasteiger partial charge in [-0.1, -0.05) is 68.4 Å². The van der Waals surface area contributed by atoms with E-state index in [0.717, 1.165) is 5.56 Å². The van der Waals surface area contributed by atoms with Crippen LogP contribution in [0.3, 0.4) is 0 Å². The number of hydrogen-bond acceptors (Lipinski definition) is 7. The number of primary amides is 1. The molecule has 2 aromatic carbocycles. The van der Waals surface area contributed by atoms with Crippen LogP contribution in [0.25, 0.3) is 0 Å². The first-order valence-corrected chi connectivity index (χ1v) is 12.8. The van der Waals surface area contributed by atoms with Crippen molar-refractivity contribution < 1.29 is 29.0 Å². The number of amides is 3. The number of nitrogen functional groups attached to an aromatic ring is 1. The molecule has 0 aliphatic carbocycles. The van der Waals surface area contributed by atoms with Gasteiger partial charge in [-0.3, -0.25) is 29.6 Å². The fourth-order valence-corrected chi connectivity index (χ4v) is 6.02. The molecule has 4 atom stereocenters. The average Bonchev–Trinajstić information content (AvgIpc) is 3.27. The van der Waals surface area contributed by atoms with Gasteiger partial charge < -0.3 is 21.3 Å². The van der Waals surface area contributed by atoms with Crippen molar-refractivity contribution in [2.24, 2.45) is 29.2 Å². The molecule has 4 rings (SSSR count). The monoisotopic (exact) mass is 535 g/mol. The van der Waals surface area contributed by atoms with E-state index >= 15 is 0 Å². The number of hydrogen-bond donors (Lipinski definition) is 4. The van der Waals surface area contributed by atoms with Crippen molar-refractivity contribution in [2.45, 2.75) is 45.0 Å². The summed E-state index contributed by atoms with van der Waals surface area (Å²) in [6, 6.07) is 14.9. The third kappa shape index (κ3) is 5.22. The molecule has 6 N–H and O–H groups in total. The smallest absolute Gasteiger partial charge is 0.450 e. The number of amidine groups is 1. The molecular weight excluding hydrogens is 502 g/mol. The predicted octanol–water partition coefficient (Wildman–Crippen LogP) is 2.44. The van der Waals surface area contributed by atoms with Crippen molar-refractivity contribution in [3.8, 4) is 0 Å². The Hall–Kier alpha value is -4.25. The Morgan fingerprint density at radius 1 is 1.05 bits per heavy atom. The van der Waals surface area contributed by atoms with Crippen molar-refractivity contribution >= 4 is 29.7 Å². The normalized spacial score (nSPS) is 24.7. The molecule has 4 unspecified atom stereocenters. The molecule has 206 valence electrons. The lowest BCUT2D eigenvalue weighted by atomic mass is 9.82. The molecular formula is C28H33N5O6. The molecule has 0 saturated carbocycles. The lowest BCUT2D eigenvalue weighted by Crippen LogP contribution is -2.56. The number of carbonyl (C=O) groups excluding carboxylic acids is 3. The molecule has 3 amide bonds. The zero-order valence-electron chi connectivity index (χ0n) is 21.9. The van der Waals surface area contributed by atoms with Crippen molar-refractivity contribution in [3.05, 3.63) is 71.3 Å². The molecule has 2 aliphatic heterocycles. The summed E-state index contributed by atoms with van der Waals surface area (Å²) < 4.78 is 5.64. The van der Waals surface area contributed by atoms with Gasteiger partial charge in [0, 0.05) is 24.9 Å². The van der Waals surface area contributed by atoms with E-state index in [9.17, 15) is 24.3 Å². The van der Waals surface area contributed by atoms with Gasteiger partial charge in [-0.25, -0.2) is 4.79 Å². The first-order valence-electron chi connectivity index (χ1n) is 12.8. The third-order valence-electron chi connectivity index (χ3n) is 7.40. The minimum absolute atomic E-state index is 0.0271. The van der Waals surface area contributed by atoms with Gasteiger partial charge in [-0.15, -0.1) is 0 Å². The van der Waals surface area contributed by atoms with Crippen LogP contribution in [-0.4, -0.2) is 56.9 Å². The second-order valence-corrected chi connectivity index (χ2v) is 10.5. The maximum atomic E-state index is 14.1. The van der Waals surface area contributed by atoms with Crippen molar-refractivity contribution in [1.82, 2.24) is 9.80 Å². The maximum absolute atomic E-state index is 14.1. The predicted molar refractivity (Wildman–Crippen MR) is 141 cm³/mol. The van der Waals surface area contributed by atoms with Gasteiger partial charge in [0.1, 0.15) is 11.8 Å². The van der Waals surface area contributed by atoms with Crippen LogP contribution in [0.2, 0.25) is 0 Å². The van der Waals surface area contributed by atoms with Crippen LogP contribution in [0.15, 0.2) is 54.6 Å². The second-order valence-electron chi connectivity index (χ2n) is 10.5. The highest BCUT2D eigenvalue weighted by Crippen LogP contribution is 2.57. The minimum Gasteiger partial charge on any atom is -0.450 e. The number of nitrogens with one attached hydrogen (secondary N) is 1. The Kier molecular flexibility index (Phi) is 7.73. The molecule has 2 aliphatic rings. The summed E-state index contributed by atoms with van der Waals surface area (Å²) in [7, 11) is 0. The van der Waals surface area contributed by atoms with Gasteiger partial charge in [-0.05, 0) is 17.0 Å².